The van der Waals surface area contributed by atoms with Gasteiger partial charge in [0.1, 0.15) is 17.7 Å². The van der Waals surface area contributed by atoms with E-state index in [4.69, 9.17) is 9.47 Å². The lowest BCUT2D eigenvalue weighted by molar-refractivity contribution is -0.159. The molecule has 1 spiro atoms. The molecule has 3 amide bonds. The van der Waals surface area contributed by atoms with Crippen molar-refractivity contribution in [3.05, 3.63) is 67.8 Å². The molecule has 3 saturated heterocycles. The predicted octanol–water partition coefficient (Wildman–Crippen LogP) is 3.50. The Morgan fingerprint density at radius 2 is 1.98 bits per heavy atom. The SMILES string of the molecule is C=CCCC(=O)NC[C@H](C)OC(=O)[C@@H]1[C@H]2O[C@@]3(CC2Br)[C@H](C(=O)N(CC=C)c2ccc4ccccc4c2)N(CCCO)C(=O)[C@@H]13. The van der Waals surface area contributed by atoms with E-state index in [-0.39, 0.29) is 61.6 Å². The zero-order valence-corrected chi connectivity index (χ0v) is 27.0. The third-order valence-electron chi connectivity index (χ3n) is 8.95. The number of halogens is 1. The highest BCUT2D eigenvalue weighted by Gasteiger charge is 2.77. The van der Waals surface area contributed by atoms with Gasteiger partial charge in [-0.2, -0.15) is 0 Å². The molecule has 45 heavy (non-hydrogen) atoms. The highest BCUT2D eigenvalue weighted by Crippen LogP contribution is 2.60. The number of alkyl halides is 1. The number of ether oxygens (including phenoxy) is 2. The smallest absolute Gasteiger partial charge is 0.312 e. The number of aliphatic hydroxyl groups excluding tert-OH is 1. The van der Waals surface area contributed by atoms with E-state index in [1.807, 2.05) is 42.5 Å². The van der Waals surface area contributed by atoms with E-state index in [2.05, 4.69) is 34.4 Å². The Labute approximate surface area is 271 Å². The number of rotatable bonds is 14. The predicted molar refractivity (Wildman–Crippen MR) is 174 cm³/mol. The number of esters is 1. The van der Waals surface area contributed by atoms with E-state index in [1.54, 1.807) is 24.0 Å². The zero-order valence-electron chi connectivity index (χ0n) is 25.4. The van der Waals surface area contributed by atoms with Crippen LogP contribution in [0.15, 0.2) is 67.8 Å². The Balaban J connectivity index is 1.44. The number of benzene rings is 2. The molecule has 0 radical (unpaired) electrons. The second-order valence-corrected chi connectivity index (χ2v) is 13.1. The van der Waals surface area contributed by atoms with Crippen molar-refractivity contribution in [3.63, 3.8) is 0 Å². The molecule has 7 atom stereocenters. The number of aliphatic hydroxyl groups is 1. The first-order valence-electron chi connectivity index (χ1n) is 15.4. The molecule has 3 heterocycles. The molecule has 3 aliphatic rings. The first-order chi connectivity index (χ1) is 21.7. The molecule has 2 aromatic carbocycles. The molecule has 2 N–H and O–H groups in total. The van der Waals surface area contributed by atoms with Gasteiger partial charge in [0.25, 0.3) is 5.91 Å². The molecule has 3 aliphatic heterocycles. The fraction of sp³-hybridized carbons (Fsp3) is 0.471. The van der Waals surface area contributed by atoms with Crippen molar-refractivity contribution in [1.29, 1.82) is 0 Å². The van der Waals surface area contributed by atoms with Crippen LogP contribution < -0.4 is 10.2 Å². The summed E-state index contributed by atoms with van der Waals surface area (Å²) in [5, 5.41) is 14.4. The van der Waals surface area contributed by atoms with Crippen LogP contribution in [-0.2, 0) is 28.7 Å². The molecule has 3 fully saturated rings. The summed E-state index contributed by atoms with van der Waals surface area (Å²) in [6.07, 6.45) is 3.39. The highest BCUT2D eigenvalue weighted by molar-refractivity contribution is 9.09. The largest absolute Gasteiger partial charge is 0.460 e. The summed E-state index contributed by atoms with van der Waals surface area (Å²) >= 11 is 3.68. The van der Waals surface area contributed by atoms with Gasteiger partial charge in [-0.15, -0.1) is 13.2 Å². The third-order valence-corrected chi connectivity index (χ3v) is 9.80. The van der Waals surface area contributed by atoms with Crippen molar-refractivity contribution in [2.24, 2.45) is 11.8 Å². The molecule has 5 rings (SSSR count). The van der Waals surface area contributed by atoms with Gasteiger partial charge in [0, 0.05) is 36.6 Å². The fourth-order valence-corrected chi connectivity index (χ4v) is 7.94. The number of hydrogen-bond acceptors (Lipinski definition) is 7. The zero-order chi connectivity index (χ0) is 32.3. The van der Waals surface area contributed by atoms with E-state index in [0.29, 0.717) is 18.5 Å². The maximum absolute atomic E-state index is 14.7. The molecule has 240 valence electrons. The van der Waals surface area contributed by atoms with Crippen molar-refractivity contribution >= 4 is 56.1 Å². The van der Waals surface area contributed by atoms with Gasteiger partial charge in [-0.3, -0.25) is 19.2 Å². The highest BCUT2D eigenvalue weighted by atomic mass is 79.9. The van der Waals surface area contributed by atoms with Crippen LogP contribution in [0.25, 0.3) is 10.8 Å². The third kappa shape index (κ3) is 6.17. The van der Waals surface area contributed by atoms with Crippen LogP contribution in [0.1, 0.15) is 32.6 Å². The lowest BCUT2D eigenvalue weighted by atomic mass is 9.70. The van der Waals surface area contributed by atoms with Gasteiger partial charge in [-0.05, 0) is 49.1 Å². The summed E-state index contributed by atoms with van der Waals surface area (Å²) in [5.41, 5.74) is -0.624. The number of carbonyl (C=O) groups excluding carboxylic acids is 4. The first kappa shape index (κ1) is 32.8. The topological polar surface area (TPSA) is 125 Å². The van der Waals surface area contributed by atoms with Crippen molar-refractivity contribution in [2.45, 2.75) is 61.3 Å². The van der Waals surface area contributed by atoms with Crippen molar-refractivity contribution < 1.29 is 33.8 Å². The van der Waals surface area contributed by atoms with Crippen LogP contribution in [-0.4, -0.2) is 88.6 Å². The molecular formula is C34H40BrN3O7. The van der Waals surface area contributed by atoms with Crippen LogP contribution >= 0.6 is 15.9 Å². The molecule has 2 bridgehead atoms. The number of carbonyl (C=O) groups is 4. The molecule has 1 unspecified atom stereocenters. The van der Waals surface area contributed by atoms with E-state index in [9.17, 15) is 24.3 Å². The van der Waals surface area contributed by atoms with Crippen LogP contribution in [0.5, 0.6) is 0 Å². The summed E-state index contributed by atoms with van der Waals surface area (Å²) in [4.78, 5) is 57.4. The van der Waals surface area contributed by atoms with Crippen LogP contribution in [0.3, 0.4) is 0 Å². The Morgan fingerprint density at radius 1 is 1.22 bits per heavy atom. The van der Waals surface area contributed by atoms with Gasteiger partial charge in [0.05, 0.1) is 24.5 Å². The first-order valence-corrected chi connectivity index (χ1v) is 16.3. The van der Waals surface area contributed by atoms with Gasteiger partial charge in [-0.25, -0.2) is 0 Å². The minimum Gasteiger partial charge on any atom is -0.460 e. The minimum atomic E-state index is -1.27. The number of amides is 3. The number of nitrogens with one attached hydrogen (secondary N) is 1. The van der Waals surface area contributed by atoms with E-state index in [1.165, 1.54) is 4.90 Å². The second-order valence-electron chi connectivity index (χ2n) is 11.9. The Bertz CT molecular complexity index is 1480. The monoisotopic (exact) mass is 681 g/mol. The van der Waals surface area contributed by atoms with Crippen LogP contribution in [0.2, 0.25) is 0 Å². The summed E-state index contributed by atoms with van der Waals surface area (Å²) in [6.45, 7) is 9.43. The normalized spacial score (nSPS) is 27.2. The standard InChI is InChI=1S/C34H40BrN3O7/c1-4-6-12-26(40)36-20-21(3)44-33(43)27-28-31(41)38(16-9-17-39)30(34(28)19-25(35)29(27)45-34)32(42)37(15-5-2)24-14-13-22-10-7-8-11-23(22)18-24/h4-5,7-8,10-11,13-14,18,21,25,27-30,39H,1-2,6,9,12,15-17,19-20H2,3H3,(H,36,40)/t21-,25?,27-,28+,29-,30-,34+/m0/s1. The Kier molecular flexibility index (Phi) is 10.1. The summed E-state index contributed by atoms with van der Waals surface area (Å²) < 4.78 is 12.3. The minimum absolute atomic E-state index is 0.119. The molecule has 2 aromatic rings. The lowest BCUT2D eigenvalue weighted by Crippen LogP contribution is -2.57. The van der Waals surface area contributed by atoms with Gasteiger partial charge in [0.15, 0.2) is 0 Å². The molecule has 11 heteroatoms. The van der Waals surface area contributed by atoms with Crippen molar-refractivity contribution in [2.75, 3.05) is 31.1 Å². The maximum atomic E-state index is 14.7. The van der Waals surface area contributed by atoms with Crippen LogP contribution in [0.4, 0.5) is 5.69 Å². The number of nitrogens with zero attached hydrogens (tertiary/aromatic N) is 2. The number of allylic oxidation sites excluding steroid dienone is 1. The molecule has 0 saturated carbocycles. The maximum Gasteiger partial charge on any atom is 0.312 e. The van der Waals surface area contributed by atoms with Gasteiger partial charge >= 0.3 is 5.97 Å². The number of hydrogen-bond donors (Lipinski definition) is 2. The lowest BCUT2D eigenvalue weighted by Gasteiger charge is -2.37. The molecule has 10 nitrogen and oxygen atoms in total. The van der Waals surface area contributed by atoms with Gasteiger partial charge in [-0.1, -0.05) is 58.4 Å². The summed E-state index contributed by atoms with van der Waals surface area (Å²) in [7, 11) is 0. The van der Waals surface area contributed by atoms with Crippen LogP contribution in [0, 0.1) is 11.8 Å². The summed E-state index contributed by atoms with van der Waals surface area (Å²) in [6, 6.07) is 12.6. The van der Waals surface area contributed by atoms with E-state index >= 15 is 0 Å². The fourth-order valence-electron chi connectivity index (χ4n) is 7.00. The number of likely N-dealkylation sites (tertiary alicyclic amines) is 1. The van der Waals surface area contributed by atoms with Crippen molar-refractivity contribution in [3.8, 4) is 0 Å². The van der Waals surface area contributed by atoms with E-state index in [0.717, 1.165) is 10.8 Å². The quantitative estimate of drug-likeness (QED) is 0.178. The van der Waals surface area contributed by atoms with E-state index < -0.39 is 41.7 Å². The average Bonchev–Trinajstić information content (AvgIpc) is 3.63. The summed E-state index contributed by atoms with van der Waals surface area (Å²) in [5.74, 6) is -3.38. The Hall–Kier alpha value is -3.54. The Morgan fingerprint density at radius 3 is 2.69 bits per heavy atom. The number of fused-ring (bicyclic) bond motifs is 2. The molecular weight excluding hydrogens is 642 g/mol. The average molecular weight is 683 g/mol. The molecule has 0 aliphatic carbocycles. The van der Waals surface area contributed by atoms with Crippen molar-refractivity contribution in [1.82, 2.24) is 10.2 Å². The molecule has 0 aromatic heterocycles. The number of anilines is 1. The second kappa shape index (κ2) is 13.8. The van der Waals surface area contributed by atoms with Gasteiger partial charge < -0.3 is 29.7 Å². The van der Waals surface area contributed by atoms with Gasteiger partial charge in [0.2, 0.25) is 11.8 Å².